The molecule has 2 N–H and O–H groups in total. The fourth-order valence-electron chi connectivity index (χ4n) is 3.75. The predicted molar refractivity (Wildman–Crippen MR) is 105 cm³/mol. The molecular formula is C19H18ClFN4O5. The van der Waals surface area contributed by atoms with Crippen LogP contribution >= 0.6 is 11.6 Å². The van der Waals surface area contributed by atoms with Gasteiger partial charge in [-0.05, 0) is 17.7 Å². The summed E-state index contributed by atoms with van der Waals surface area (Å²) in [4.78, 5) is 39.7. The number of carbonyl (C=O) groups excluding carboxylic acids is 2. The van der Waals surface area contributed by atoms with Gasteiger partial charge in [0, 0.05) is 20.7 Å². The van der Waals surface area contributed by atoms with Crippen LogP contribution in [0.25, 0.3) is 0 Å². The Hall–Kier alpha value is -3.11. The second kappa shape index (κ2) is 7.29. The van der Waals surface area contributed by atoms with Gasteiger partial charge in [-0.1, -0.05) is 17.7 Å². The van der Waals surface area contributed by atoms with Crippen LogP contribution in [0.2, 0.25) is 5.02 Å². The van der Waals surface area contributed by atoms with E-state index in [0.29, 0.717) is 5.56 Å². The molecule has 0 fully saturated rings. The molecule has 0 aliphatic carbocycles. The number of hydrogen-bond acceptors (Lipinski definition) is 6. The molecule has 4 rings (SSSR count). The lowest BCUT2D eigenvalue weighted by molar-refractivity contribution is 0.0733. The number of ether oxygens (including phenoxy) is 1. The van der Waals surface area contributed by atoms with Gasteiger partial charge < -0.3 is 20.1 Å². The van der Waals surface area contributed by atoms with E-state index in [1.165, 1.54) is 34.9 Å². The Morgan fingerprint density at radius 3 is 2.80 bits per heavy atom. The van der Waals surface area contributed by atoms with E-state index in [2.05, 4.69) is 5.32 Å². The van der Waals surface area contributed by atoms with Gasteiger partial charge in [-0.2, -0.15) is 0 Å². The molecule has 0 saturated heterocycles. The highest BCUT2D eigenvalue weighted by molar-refractivity contribution is 6.30. The fourth-order valence-corrected chi connectivity index (χ4v) is 3.95. The smallest absolute Gasteiger partial charge is 0.277 e. The molecule has 1 atom stereocenters. The van der Waals surface area contributed by atoms with Gasteiger partial charge in [0.2, 0.25) is 5.43 Å². The van der Waals surface area contributed by atoms with Crippen molar-refractivity contribution in [2.75, 3.05) is 32.4 Å². The normalized spacial score (nSPS) is 17.3. The van der Waals surface area contributed by atoms with Crippen molar-refractivity contribution in [2.45, 2.75) is 12.6 Å². The zero-order valence-corrected chi connectivity index (χ0v) is 16.9. The van der Waals surface area contributed by atoms with Crippen LogP contribution < -0.4 is 15.8 Å². The average Bonchev–Trinajstić information content (AvgIpc) is 3.07. The van der Waals surface area contributed by atoms with E-state index in [9.17, 15) is 23.9 Å². The number of halogens is 2. The zero-order chi connectivity index (χ0) is 21.7. The van der Waals surface area contributed by atoms with Crippen molar-refractivity contribution in [3.63, 3.8) is 0 Å². The van der Waals surface area contributed by atoms with Gasteiger partial charge in [-0.15, -0.1) is 0 Å². The second-order valence-corrected chi connectivity index (χ2v) is 7.49. The quantitative estimate of drug-likeness (QED) is 0.740. The van der Waals surface area contributed by atoms with Crippen molar-refractivity contribution in [3.05, 3.63) is 61.8 Å². The lowest BCUT2D eigenvalue weighted by Gasteiger charge is -2.35. The van der Waals surface area contributed by atoms with E-state index in [1.54, 1.807) is 12.1 Å². The van der Waals surface area contributed by atoms with E-state index < -0.39 is 34.9 Å². The van der Waals surface area contributed by atoms with Crippen LogP contribution in [0.4, 0.5) is 4.39 Å². The Labute approximate surface area is 175 Å². The Balaban J connectivity index is 1.76. The maximum Gasteiger partial charge on any atom is 0.277 e. The first-order chi connectivity index (χ1) is 14.2. The van der Waals surface area contributed by atoms with Crippen molar-refractivity contribution in [2.24, 2.45) is 0 Å². The average molecular weight is 437 g/mol. The third-order valence-corrected chi connectivity index (χ3v) is 5.49. The number of nitrogens with one attached hydrogen (secondary N) is 1. The number of amides is 2. The number of hydrogen-bond donors (Lipinski definition) is 2. The summed E-state index contributed by atoms with van der Waals surface area (Å²) in [7, 11) is 2.98. The molecule has 11 heteroatoms. The van der Waals surface area contributed by atoms with Crippen molar-refractivity contribution < 1.29 is 23.8 Å². The minimum absolute atomic E-state index is 0.0245. The number of aromatic hydroxyl groups is 1. The number of nitrogens with zero attached hydrogens (tertiary/aromatic N) is 3. The molecule has 0 radical (unpaired) electrons. The Morgan fingerprint density at radius 1 is 1.40 bits per heavy atom. The van der Waals surface area contributed by atoms with Gasteiger partial charge in [-0.25, -0.2) is 9.07 Å². The van der Waals surface area contributed by atoms with E-state index in [1.807, 2.05) is 0 Å². The van der Waals surface area contributed by atoms with Crippen molar-refractivity contribution in [1.29, 1.82) is 0 Å². The van der Waals surface area contributed by atoms with Gasteiger partial charge in [0.25, 0.3) is 11.8 Å². The first-order valence-corrected chi connectivity index (χ1v) is 9.39. The molecule has 158 valence electrons. The van der Waals surface area contributed by atoms with Gasteiger partial charge in [0.05, 0.1) is 17.3 Å². The Morgan fingerprint density at radius 2 is 2.13 bits per heavy atom. The largest absolute Gasteiger partial charge is 0.502 e. The maximum absolute atomic E-state index is 13.3. The number of rotatable bonds is 4. The highest BCUT2D eigenvalue weighted by Crippen LogP contribution is 2.34. The molecule has 2 aromatic rings. The number of methoxy groups -OCH3 is 1. The van der Waals surface area contributed by atoms with Crippen LogP contribution in [0, 0.1) is 5.82 Å². The van der Waals surface area contributed by atoms with Crippen LogP contribution in [-0.2, 0) is 11.3 Å². The van der Waals surface area contributed by atoms with E-state index >= 15 is 0 Å². The van der Waals surface area contributed by atoms with Crippen LogP contribution in [-0.4, -0.2) is 53.9 Å². The molecule has 3 heterocycles. The van der Waals surface area contributed by atoms with Crippen LogP contribution in [0.3, 0.4) is 0 Å². The first kappa shape index (κ1) is 20.2. The van der Waals surface area contributed by atoms with Gasteiger partial charge in [0.15, 0.2) is 11.4 Å². The van der Waals surface area contributed by atoms with Gasteiger partial charge in [0.1, 0.15) is 24.2 Å². The number of benzene rings is 1. The minimum Gasteiger partial charge on any atom is -0.502 e. The molecule has 30 heavy (non-hydrogen) atoms. The lowest BCUT2D eigenvalue weighted by Crippen LogP contribution is -2.51. The standard InChI is InChI=1S/C19H18ClFN4O5/c1-23-8-24-7-12(30-2)14-13(16(26)17(27)15(19(23)29)25(14)24)18(28)22-6-9-3-4-11(21)10(20)5-9/h3-5,12,27H,6-8H2,1-2H3,(H,22,28). The molecule has 2 aliphatic heterocycles. The highest BCUT2D eigenvalue weighted by Gasteiger charge is 2.43. The summed E-state index contributed by atoms with van der Waals surface area (Å²) >= 11 is 5.76. The van der Waals surface area contributed by atoms with Crippen LogP contribution in [0.5, 0.6) is 5.75 Å². The monoisotopic (exact) mass is 436 g/mol. The molecule has 0 bridgehead atoms. The van der Waals surface area contributed by atoms with Gasteiger partial charge >= 0.3 is 0 Å². The van der Waals surface area contributed by atoms with Gasteiger partial charge in [-0.3, -0.25) is 19.4 Å². The summed E-state index contributed by atoms with van der Waals surface area (Å²) in [5.41, 5.74) is -0.749. The topological polar surface area (TPSA) is 104 Å². The molecule has 0 spiro atoms. The number of carbonyl (C=O) groups is 2. The maximum atomic E-state index is 13.3. The molecular weight excluding hydrogens is 419 g/mol. The first-order valence-electron chi connectivity index (χ1n) is 9.02. The van der Waals surface area contributed by atoms with Crippen molar-refractivity contribution >= 4 is 23.4 Å². The molecule has 1 aromatic heterocycles. The Bertz CT molecular complexity index is 1130. The molecule has 2 amide bonds. The summed E-state index contributed by atoms with van der Waals surface area (Å²) in [6.07, 6.45) is -0.655. The van der Waals surface area contributed by atoms with E-state index in [4.69, 9.17) is 16.3 Å². The number of aromatic nitrogens is 1. The summed E-state index contributed by atoms with van der Waals surface area (Å²) in [6.45, 7) is 0.470. The summed E-state index contributed by atoms with van der Waals surface area (Å²) < 4.78 is 20.2. The SMILES string of the molecule is COC1CN2CN(C)C(=O)c3c(O)c(=O)c(C(=O)NCc4ccc(F)c(Cl)c4)c1n32. The molecule has 9 nitrogen and oxygen atoms in total. The van der Waals surface area contributed by atoms with Crippen molar-refractivity contribution in [3.8, 4) is 5.75 Å². The van der Waals surface area contributed by atoms with E-state index in [-0.39, 0.29) is 41.7 Å². The molecule has 1 aromatic carbocycles. The molecule has 1 unspecified atom stereocenters. The molecule has 0 saturated carbocycles. The van der Waals surface area contributed by atoms with E-state index in [0.717, 1.165) is 0 Å². The summed E-state index contributed by atoms with van der Waals surface area (Å²) in [6, 6.07) is 3.98. The lowest BCUT2D eigenvalue weighted by atomic mass is 10.1. The predicted octanol–water partition coefficient (Wildman–Crippen LogP) is 0.959. The summed E-state index contributed by atoms with van der Waals surface area (Å²) in [5.74, 6) is -2.68. The van der Waals surface area contributed by atoms with Crippen LogP contribution in [0.15, 0.2) is 23.0 Å². The number of pyridine rings is 1. The third-order valence-electron chi connectivity index (χ3n) is 5.20. The third kappa shape index (κ3) is 2.99. The second-order valence-electron chi connectivity index (χ2n) is 7.09. The van der Waals surface area contributed by atoms with Crippen LogP contribution in [0.1, 0.15) is 38.2 Å². The Kier molecular flexibility index (Phi) is 4.91. The molecule has 2 aliphatic rings. The zero-order valence-electron chi connectivity index (χ0n) is 16.1. The summed E-state index contributed by atoms with van der Waals surface area (Å²) in [5, 5.41) is 14.6. The minimum atomic E-state index is -0.960. The van der Waals surface area contributed by atoms with Crippen molar-refractivity contribution in [1.82, 2.24) is 14.9 Å². The fraction of sp³-hybridized carbons (Fsp3) is 0.316. The highest BCUT2D eigenvalue weighted by atomic mass is 35.5.